The number of halogens is 3. The summed E-state index contributed by atoms with van der Waals surface area (Å²) >= 11 is 0. The van der Waals surface area contributed by atoms with Crippen LogP contribution < -0.4 is 5.32 Å². The molecule has 0 saturated carbocycles. The largest absolute Gasteiger partial charge is 0.475 e. The number of ether oxygens (including phenoxy) is 1. The van der Waals surface area contributed by atoms with E-state index in [1.54, 1.807) is 24.3 Å². The highest BCUT2D eigenvalue weighted by atomic mass is 32.2. The number of alkyl halides is 3. The summed E-state index contributed by atoms with van der Waals surface area (Å²) in [5.74, 6) is -0.330. The normalized spacial score (nSPS) is 13.8. The maximum Gasteiger partial charge on any atom is 0.416 e. The van der Waals surface area contributed by atoms with Crippen LogP contribution in [0.15, 0.2) is 87.6 Å². The molecular formula is C23H17F3N2O4S. The van der Waals surface area contributed by atoms with Gasteiger partial charge in [-0.1, -0.05) is 24.3 Å². The average molecular weight is 474 g/mol. The van der Waals surface area contributed by atoms with Crippen molar-refractivity contribution in [2.45, 2.75) is 16.0 Å². The Kier molecular flexibility index (Phi) is 5.94. The number of sulfone groups is 1. The number of aliphatic imine (C=N–C) groups is 1. The molecular weight excluding hydrogens is 457 g/mol. The summed E-state index contributed by atoms with van der Waals surface area (Å²) in [6.45, 7) is 0.914. The van der Waals surface area contributed by atoms with Crippen LogP contribution >= 0.6 is 0 Å². The lowest BCUT2D eigenvalue weighted by Crippen LogP contribution is -2.18. The van der Waals surface area contributed by atoms with E-state index in [2.05, 4.69) is 10.3 Å². The summed E-state index contributed by atoms with van der Waals surface area (Å²) in [6, 6.07) is 15.4. The third kappa shape index (κ3) is 4.61. The summed E-state index contributed by atoms with van der Waals surface area (Å²) < 4.78 is 70.3. The van der Waals surface area contributed by atoms with Gasteiger partial charge < -0.3 is 10.1 Å². The van der Waals surface area contributed by atoms with E-state index in [1.807, 2.05) is 0 Å². The van der Waals surface area contributed by atoms with E-state index in [0.717, 1.165) is 12.1 Å². The van der Waals surface area contributed by atoms with E-state index < -0.39 is 27.5 Å². The first-order chi connectivity index (χ1) is 15.7. The molecule has 3 aromatic rings. The molecule has 0 spiro atoms. The molecule has 0 atom stereocenters. The summed E-state index contributed by atoms with van der Waals surface area (Å²) in [5.41, 5.74) is -0.195. The van der Waals surface area contributed by atoms with Crippen LogP contribution in [0.4, 0.5) is 18.9 Å². The van der Waals surface area contributed by atoms with Crippen LogP contribution in [-0.4, -0.2) is 33.4 Å². The number of amides is 1. The molecule has 0 radical (unpaired) electrons. The number of rotatable bonds is 5. The van der Waals surface area contributed by atoms with Crippen molar-refractivity contribution in [1.82, 2.24) is 0 Å². The molecule has 0 aliphatic carbocycles. The van der Waals surface area contributed by atoms with Gasteiger partial charge in [-0.05, 0) is 48.5 Å². The van der Waals surface area contributed by atoms with Gasteiger partial charge in [0.05, 0.1) is 38.7 Å². The molecule has 0 aromatic heterocycles. The number of nitrogens with one attached hydrogen (secondary N) is 1. The van der Waals surface area contributed by atoms with Gasteiger partial charge in [0.15, 0.2) is 0 Å². The Bertz CT molecular complexity index is 1330. The zero-order valence-corrected chi connectivity index (χ0v) is 17.8. The molecule has 1 heterocycles. The Hall–Kier alpha value is -3.66. The monoisotopic (exact) mass is 474 g/mol. The minimum Gasteiger partial charge on any atom is -0.475 e. The van der Waals surface area contributed by atoms with Gasteiger partial charge in [-0.15, -0.1) is 0 Å². The highest BCUT2D eigenvalue weighted by Gasteiger charge is 2.31. The molecule has 3 aromatic carbocycles. The molecule has 1 aliphatic heterocycles. The summed E-state index contributed by atoms with van der Waals surface area (Å²) in [4.78, 5) is 16.6. The molecule has 170 valence electrons. The highest BCUT2D eigenvalue weighted by molar-refractivity contribution is 7.91. The highest BCUT2D eigenvalue weighted by Crippen LogP contribution is 2.31. The van der Waals surface area contributed by atoms with E-state index >= 15 is 0 Å². The van der Waals surface area contributed by atoms with Gasteiger partial charge in [0.2, 0.25) is 15.7 Å². The first-order valence-electron chi connectivity index (χ1n) is 9.77. The van der Waals surface area contributed by atoms with E-state index in [1.165, 1.54) is 24.3 Å². The van der Waals surface area contributed by atoms with E-state index in [-0.39, 0.29) is 15.4 Å². The second kappa shape index (κ2) is 8.70. The minimum atomic E-state index is -4.60. The number of carbonyl (C=O) groups excluding carboxylic acids is 1. The fourth-order valence-corrected chi connectivity index (χ4v) is 4.76. The Labute approximate surface area is 187 Å². The van der Waals surface area contributed by atoms with E-state index in [0.29, 0.717) is 42.4 Å². The first kappa shape index (κ1) is 22.5. The third-order valence-corrected chi connectivity index (χ3v) is 6.73. The zero-order valence-electron chi connectivity index (χ0n) is 17.0. The number of nitrogens with zero attached hydrogens (tertiary/aromatic N) is 1. The van der Waals surface area contributed by atoms with E-state index in [9.17, 15) is 26.4 Å². The van der Waals surface area contributed by atoms with Gasteiger partial charge in [0, 0.05) is 0 Å². The third-order valence-electron chi connectivity index (χ3n) is 4.90. The van der Waals surface area contributed by atoms with Crippen LogP contribution in [0.3, 0.4) is 0 Å². The predicted molar refractivity (Wildman–Crippen MR) is 115 cm³/mol. The molecule has 6 nitrogen and oxygen atoms in total. The van der Waals surface area contributed by atoms with Crippen molar-refractivity contribution in [2.75, 3.05) is 18.5 Å². The van der Waals surface area contributed by atoms with Crippen LogP contribution in [0.1, 0.15) is 21.5 Å². The lowest BCUT2D eigenvalue weighted by molar-refractivity contribution is -0.137. The first-order valence-corrected chi connectivity index (χ1v) is 11.3. The van der Waals surface area contributed by atoms with Crippen molar-refractivity contribution < 1.29 is 31.1 Å². The van der Waals surface area contributed by atoms with Gasteiger partial charge in [-0.3, -0.25) is 4.79 Å². The van der Waals surface area contributed by atoms with Crippen molar-refractivity contribution >= 4 is 27.3 Å². The van der Waals surface area contributed by atoms with E-state index in [4.69, 9.17) is 4.74 Å². The number of hydrogen-bond acceptors (Lipinski definition) is 5. The quantitative estimate of drug-likeness (QED) is 0.587. The van der Waals surface area contributed by atoms with Gasteiger partial charge in [-0.2, -0.15) is 13.2 Å². The van der Waals surface area contributed by atoms with Crippen molar-refractivity contribution in [2.24, 2.45) is 4.99 Å². The topological polar surface area (TPSA) is 84.8 Å². The molecule has 1 amide bonds. The van der Waals surface area contributed by atoms with Gasteiger partial charge in [-0.25, -0.2) is 13.4 Å². The lowest BCUT2D eigenvalue weighted by atomic mass is 10.1. The second-order valence-electron chi connectivity index (χ2n) is 7.06. The smallest absolute Gasteiger partial charge is 0.416 e. The van der Waals surface area contributed by atoms with Crippen molar-refractivity contribution in [3.63, 3.8) is 0 Å². The van der Waals surface area contributed by atoms with Gasteiger partial charge in [0.1, 0.15) is 6.61 Å². The van der Waals surface area contributed by atoms with Crippen LogP contribution in [0.2, 0.25) is 0 Å². The predicted octanol–water partition coefficient (Wildman–Crippen LogP) is 4.57. The molecule has 1 aliphatic rings. The maximum atomic E-state index is 13.1. The SMILES string of the molecule is O=C(Nc1ccccc1C1=NCCO1)c1ccccc1S(=O)(=O)c1ccc(C(F)(F)F)cc1. The number of anilines is 1. The van der Waals surface area contributed by atoms with Gasteiger partial charge in [0.25, 0.3) is 5.91 Å². The van der Waals surface area contributed by atoms with Crippen LogP contribution in [-0.2, 0) is 20.8 Å². The number of hydrogen-bond donors (Lipinski definition) is 1. The fraction of sp³-hybridized carbons (Fsp3) is 0.130. The standard InChI is InChI=1S/C23H17F3N2O4S/c24-23(25,26)15-9-11-16(12-10-15)33(30,31)20-8-4-2-6-18(20)21(29)28-19-7-3-1-5-17(19)22-27-13-14-32-22/h1-12H,13-14H2,(H,28,29). The zero-order chi connectivity index (χ0) is 23.6. The molecule has 33 heavy (non-hydrogen) atoms. The maximum absolute atomic E-state index is 13.1. The number of para-hydroxylation sites is 1. The molecule has 0 saturated heterocycles. The summed E-state index contributed by atoms with van der Waals surface area (Å²) in [5, 5.41) is 2.68. The fourth-order valence-electron chi connectivity index (χ4n) is 3.30. The molecule has 0 fully saturated rings. The second-order valence-corrected chi connectivity index (χ2v) is 8.97. The van der Waals surface area contributed by atoms with Crippen LogP contribution in [0.25, 0.3) is 0 Å². The van der Waals surface area contributed by atoms with Crippen molar-refractivity contribution in [3.05, 3.63) is 89.5 Å². The molecule has 0 bridgehead atoms. The van der Waals surface area contributed by atoms with Crippen LogP contribution in [0.5, 0.6) is 0 Å². The molecule has 10 heteroatoms. The van der Waals surface area contributed by atoms with Crippen molar-refractivity contribution in [3.8, 4) is 0 Å². The minimum absolute atomic E-state index is 0.151. The van der Waals surface area contributed by atoms with Crippen molar-refractivity contribution in [1.29, 1.82) is 0 Å². The Morgan fingerprint density at radius 1 is 0.939 bits per heavy atom. The molecule has 0 unspecified atom stereocenters. The number of benzene rings is 3. The lowest BCUT2D eigenvalue weighted by Gasteiger charge is -2.14. The van der Waals surface area contributed by atoms with Crippen LogP contribution in [0, 0.1) is 0 Å². The Morgan fingerprint density at radius 3 is 2.27 bits per heavy atom. The Balaban J connectivity index is 1.68. The molecule has 1 N–H and O–H groups in total. The van der Waals surface area contributed by atoms with Gasteiger partial charge >= 0.3 is 6.18 Å². The molecule has 4 rings (SSSR count). The average Bonchev–Trinajstić information content (AvgIpc) is 3.34. The number of carbonyl (C=O) groups is 1. The Morgan fingerprint density at radius 2 is 1.61 bits per heavy atom. The summed E-state index contributed by atoms with van der Waals surface area (Å²) in [7, 11) is -4.27. The summed E-state index contributed by atoms with van der Waals surface area (Å²) in [6.07, 6.45) is -4.60.